The van der Waals surface area contributed by atoms with Crippen molar-refractivity contribution in [2.75, 3.05) is 26.2 Å². The van der Waals surface area contributed by atoms with Gasteiger partial charge in [-0.05, 0) is 46.7 Å². The second-order valence-corrected chi connectivity index (χ2v) is 6.77. The van der Waals surface area contributed by atoms with Gasteiger partial charge in [0, 0.05) is 32.0 Å². The van der Waals surface area contributed by atoms with Crippen molar-refractivity contribution < 1.29 is 4.79 Å². The van der Waals surface area contributed by atoms with Crippen LogP contribution in [0.25, 0.3) is 0 Å². The average molecular weight is 321 g/mol. The Hall–Kier alpha value is -1.43. The maximum Gasteiger partial charge on any atom is 0.223 e. The van der Waals surface area contributed by atoms with Crippen LogP contribution >= 0.6 is 0 Å². The highest BCUT2D eigenvalue weighted by molar-refractivity contribution is 5.76. The average Bonchev–Trinajstić information content (AvgIpc) is 2.76. The van der Waals surface area contributed by atoms with Crippen molar-refractivity contribution in [2.24, 2.45) is 0 Å². The Balaban J connectivity index is 1.80. The lowest BCUT2D eigenvalue weighted by molar-refractivity contribution is -0.133. The standard InChI is InChI=1S/C17H31N5O/c1-14(2)22(13-12-21-10-6-4-5-7-11-21)17(23)9-8-16-18-15(3)19-20-16/h14H,4-13H2,1-3H3,(H,18,19,20). The topological polar surface area (TPSA) is 65.1 Å². The van der Waals surface area contributed by atoms with Crippen molar-refractivity contribution in [1.82, 2.24) is 25.0 Å². The van der Waals surface area contributed by atoms with Gasteiger partial charge in [-0.2, -0.15) is 5.10 Å². The van der Waals surface area contributed by atoms with Crippen LogP contribution < -0.4 is 0 Å². The van der Waals surface area contributed by atoms with Gasteiger partial charge in [0.2, 0.25) is 5.91 Å². The summed E-state index contributed by atoms with van der Waals surface area (Å²) in [4.78, 5) is 21.3. The summed E-state index contributed by atoms with van der Waals surface area (Å²) in [6.07, 6.45) is 6.37. The fourth-order valence-corrected chi connectivity index (χ4v) is 3.14. The molecule has 0 aliphatic carbocycles. The molecule has 23 heavy (non-hydrogen) atoms. The van der Waals surface area contributed by atoms with Crippen molar-refractivity contribution in [1.29, 1.82) is 0 Å². The normalized spacial score (nSPS) is 16.5. The van der Waals surface area contributed by atoms with E-state index < -0.39 is 0 Å². The fraction of sp³-hybridized carbons (Fsp3) is 0.824. The minimum atomic E-state index is 0.206. The van der Waals surface area contributed by atoms with Crippen LogP contribution in [0.15, 0.2) is 0 Å². The van der Waals surface area contributed by atoms with Crippen LogP contribution in [0.4, 0.5) is 0 Å². The van der Waals surface area contributed by atoms with E-state index in [-0.39, 0.29) is 11.9 Å². The van der Waals surface area contributed by atoms with E-state index in [0.29, 0.717) is 12.8 Å². The quantitative estimate of drug-likeness (QED) is 0.836. The van der Waals surface area contributed by atoms with E-state index in [2.05, 4.69) is 33.9 Å². The minimum Gasteiger partial charge on any atom is -0.339 e. The molecule has 0 bridgehead atoms. The summed E-state index contributed by atoms with van der Waals surface area (Å²) in [5, 5.41) is 6.93. The molecule has 0 unspecified atom stereocenters. The first-order valence-electron chi connectivity index (χ1n) is 8.96. The van der Waals surface area contributed by atoms with E-state index >= 15 is 0 Å². The molecule has 130 valence electrons. The highest BCUT2D eigenvalue weighted by Gasteiger charge is 2.19. The molecule has 1 aliphatic heterocycles. The molecule has 1 amide bonds. The zero-order valence-corrected chi connectivity index (χ0v) is 14.8. The molecule has 6 nitrogen and oxygen atoms in total. The number of aryl methyl sites for hydroxylation is 2. The molecule has 1 fully saturated rings. The Kier molecular flexibility index (Phi) is 7.02. The number of carbonyl (C=O) groups is 1. The molecule has 1 N–H and O–H groups in total. The highest BCUT2D eigenvalue weighted by atomic mass is 16.2. The molecule has 0 radical (unpaired) electrons. The summed E-state index contributed by atoms with van der Waals surface area (Å²) in [5.74, 6) is 1.73. The molecule has 6 heteroatoms. The fourth-order valence-electron chi connectivity index (χ4n) is 3.14. The van der Waals surface area contributed by atoms with E-state index in [1.54, 1.807) is 0 Å². The highest BCUT2D eigenvalue weighted by Crippen LogP contribution is 2.11. The van der Waals surface area contributed by atoms with Crippen molar-refractivity contribution >= 4 is 5.91 Å². The number of aromatic nitrogens is 3. The van der Waals surface area contributed by atoms with Gasteiger partial charge in [0.1, 0.15) is 5.82 Å². The number of nitrogens with one attached hydrogen (secondary N) is 1. The van der Waals surface area contributed by atoms with Gasteiger partial charge >= 0.3 is 0 Å². The third kappa shape index (κ3) is 5.94. The minimum absolute atomic E-state index is 0.206. The van der Waals surface area contributed by atoms with Gasteiger partial charge in [0.25, 0.3) is 0 Å². The number of carbonyl (C=O) groups excluding carboxylic acids is 1. The molecule has 1 aromatic rings. The Morgan fingerprint density at radius 2 is 1.96 bits per heavy atom. The number of hydrogen-bond acceptors (Lipinski definition) is 4. The van der Waals surface area contributed by atoms with Crippen molar-refractivity contribution in [3.63, 3.8) is 0 Å². The van der Waals surface area contributed by atoms with E-state index in [1.807, 2.05) is 11.8 Å². The van der Waals surface area contributed by atoms with Crippen LogP contribution in [0, 0.1) is 6.92 Å². The van der Waals surface area contributed by atoms with Gasteiger partial charge in [-0.25, -0.2) is 4.98 Å². The van der Waals surface area contributed by atoms with E-state index in [9.17, 15) is 4.79 Å². The molecular weight excluding hydrogens is 290 g/mol. The number of aromatic amines is 1. The molecule has 1 saturated heterocycles. The molecule has 0 atom stereocenters. The van der Waals surface area contributed by atoms with Crippen LogP contribution in [-0.4, -0.2) is 63.1 Å². The van der Waals surface area contributed by atoms with Crippen molar-refractivity contribution in [3.05, 3.63) is 11.6 Å². The maximum atomic E-state index is 12.5. The Bertz CT molecular complexity index is 477. The number of amides is 1. The third-order valence-corrected chi connectivity index (χ3v) is 4.51. The van der Waals surface area contributed by atoms with Gasteiger partial charge < -0.3 is 9.80 Å². The lowest BCUT2D eigenvalue weighted by Crippen LogP contribution is -2.42. The molecule has 0 aromatic carbocycles. The van der Waals surface area contributed by atoms with E-state index in [4.69, 9.17) is 0 Å². The third-order valence-electron chi connectivity index (χ3n) is 4.51. The smallest absolute Gasteiger partial charge is 0.223 e. The number of likely N-dealkylation sites (tertiary alicyclic amines) is 1. The van der Waals surface area contributed by atoms with Gasteiger partial charge in [0.05, 0.1) is 0 Å². The van der Waals surface area contributed by atoms with Crippen LogP contribution in [0.3, 0.4) is 0 Å². The van der Waals surface area contributed by atoms with Crippen molar-refractivity contribution in [3.8, 4) is 0 Å². The first-order chi connectivity index (χ1) is 11.1. The molecule has 0 spiro atoms. The SMILES string of the molecule is Cc1nc(CCC(=O)N(CCN2CCCCCC2)C(C)C)n[nH]1. The zero-order valence-electron chi connectivity index (χ0n) is 14.8. The molecule has 2 heterocycles. The molecule has 1 aromatic heterocycles. The number of rotatable bonds is 7. The second kappa shape index (κ2) is 9.01. The summed E-state index contributed by atoms with van der Waals surface area (Å²) in [5.41, 5.74) is 0. The Labute approximate surface area is 139 Å². The van der Waals surface area contributed by atoms with E-state index in [0.717, 1.165) is 24.7 Å². The number of hydrogen-bond donors (Lipinski definition) is 1. The van der Waals surface area contributed by atoms with E-state index in [1.165, 1.54) is 38.8 Å². The number of nitrogens with zero attached hydrogens (tertiary/aromatic N) is 4. The monoisotopic (exact) mass is 321 g/mol. The van der Waals surface area contributed by atoms with Gasteiger partial charge in [0.15, 0.2) is 5.82 Å². The molecule has 1 aliphatic rings. The predicted molar refractivity (Wildman–Crippen MR) is 91.2 cm³/mol. The summed E-state index contributed by atoms with van der Waals surface area (Å²) in [6.45, 7) is 10.2. The van der Waals surface area contributed by atoms with Crippen LogP contribution in [-0.2, 0) is 11.2 Å². The number of H-pyrrole nitrogens is 1. The summed E-state index contributed by atoms with van der Waals surface area (Å²) in [7, 11) is 0. The second-order valence-electron chi connectivity index (χ2n) is 6.77. The van der Waals surface area contributed by atoms with Gasteiger partial charge in [-0.1, -0.05) is 12.8 Å². The largest absolute Gasteiger partial charge is 0.339 e. The van der Waals surface area contributed by atoms with Crippen LogP contribution in [0.1, 0.15) is 57.6 Å². The first-order valence-corrected chi connectivity index (χ1v) is 8.96. The summed E-state index contributed by atoms with van der Waals surface area (Å²) in [6, 6.07) is 0.239. The Morgan fingerprint density at radius 3 is 2.52 bits per heavy atom. The molecule has 0 saturated carbocycles. The first kappa shape index (κ1) is 17.9. The lowest BCUT2D eigenvalue weighted by Gasteiger charge is -2.30. The predicted octanol–water partition coefficient (Wildman–Crippen LogP) is 2.16. The summed E-state index contributed by atoms with van der Waals surface area (Å²) >= 11 is 0. The summed E-state index contributed by atoms with van der Waals surface area (Å²) < 4.78 is 0. The van der Waals surface area contributed by atoms with Crippen molar-refractivity contribution in [2.45, 2.75) is 65.3 Å². The van der Waals surface area contributed by atoms with Gasteiger partial charge in [-0.3, -0.25) is 9.89 Å². The Morgan fingerprint density at radius 1 is 1.26 bits per heavy atom. The van der Waals surface area contributed by atoms with Crippen LogP contribution in [0.5, 0.6) is 0 Å². The molecular formula is C17H31N5O. The molecule has 2 rings (SSSR count). The maximum absolute atomic E-state index is 12.5. The lowest BCUT2D eigenvalue weighted by atomic mass is 10.2. The van der Waals surface area contributed by atoms with Crippen LogP contribution in [0.2, 0.25) is 0 Å². The van der Waals surface area contributed by atoms with Gasteiger partial charge in [-0.15, -0.1) is 0 Å². The zero-order chi connectivity index (χ0) is 16.7.